The van der Waals surface area contributed by atoms with Gasteiger partial charge in [0.25, 0.3) is 0 Å². The van der Waals surface area contributed by atoms with E-state index in [0.29, 0.717) is 5.02 Å². The SMILES string of the molecule is Nc1ccc(Sc2ccc(Cl)cc2)cc1F. The van der Waals surface area contributed by atoms with Crippen molar-refractivity contribution < 1.29 is 4.39 Å². The molecule has 2 aromatic carbocycles. The molecule has 2 aromatic rings. The van der Waals surface area contributed by atoms with Gasteiger partial charge in [0.05, 0.1) is 5.69 Å². The van der Waals surface area contributed by atoms with Crippen molar-refractivity contribution >= 4 is 29.1 Å². The highest BCUT2D eigenvalue weighted by molar-refractivity contribution is 7.99. The van der Waals surface area contributed by atoms with Gasteiger partial charge in [0, 0.05) is 14.8 Å². The summed E-state index contributed by atoms with van der Waals surface area (Å²) in [5.74, 6) is -0.390. The number of hydrogen-bond donors (Lipinski definition) is 1. The third-order valence-electron chi connectivity index (χ3n) is 2.02. The number of hydrogen-bond acceptors (Lipinski definition) is 2. The molecule has 0 radical (unpaired) electrons. The number of anilines is 1. The third-order valence-corrected chi connectivity index (χ3v) is 3.27. The topological polar surface area (TPSA) is 26.0 Å². The van der Waals surface area contributed by atoms with Crippen LogP contribution in [-0.4, -0.2) is 0 Å². The fraction of sp³-hybridized carbons (Fsp3) is 0. The van der Waals surface area contributed by atoms with Gasteiger partial charge in [-0.1, -0.05) is 23.4 Å². The van der Waals surface area contributed by atoms with E-state index in [2.05, 4.69) is 0 Å². The van der Waals surface area contributed by atoms with Crippen molar-refractivity contribution in [2.24, 2.45) is 0 Å². The molecule has 0 saturated carbocycles. The van der Waals surface area contributed by atoms with Crippen molar-refractivity contribution in [1.29, 1.82) is 0 Å². The number of benzene rings is 2. The molecule has 0 bridgehead atoms. The van der Waals surface area contributed by atoms with Gasteiger partial charge in [0.15, 0.2) is 0 Å². The van der Waals surface area contributed by atoms with Gasteiger partial charge in [0.1, 0.15) is 5.82 Å². The summed E-state index contributed by atoms with van der Waals surface area (Å²) in [6.07, 6.45) is 0. The first-order valence-electron chi connectivity index (χ1n) is 4.63. The molecule has 1 nitrogen and oxygen atoms in total. The van der Waals surface area contributed by atoms with Crippen LogP contribution in [0.1, 0.15) is 0 Å². The van der Waals surface area contributed by atoms with Crippen molar-refractivity contribution in [3.63, 3.8) is 0 Å². The molecule has 4 heteroatoms. The minimum absolute atomic E-state index is 0.167. The standard InChI is InChI=1S/C12H9ClFNS/c13-8-1-3-9(4-2-8)16-10-5-6-12(15)11(14)7-10/h1-7H,15H2. The van der Waals surface area contributed by atoms with E-state index >= 15 is 0 Å². The number of nitrogen functional groups attached to an aromatic ring is 1. The second-order valence-electron chi connectivity index (χ2n) is 3.24. The fourth-order valence-electron chi connectivity index (χ4n) is 1.21. The molecule has 0 atom stereocenters. The van der Waals surface area contributed by atoms with Crippen molar-refractivity contribution in [2.45, 2.75) is 9.79 Å². The molecule has 0 unspecified atom stereocenters. The Balaban J connectivity index is 2.20. The average Bonchev–Trinajstić information content (AvgIpc) is 2.27. The van der Waals surface area contributed by atoms with Crippen LogP contribution in [0.4, 0.5) is 10.1 Å². The zero-order valence-corrected chi connectivity index (χ0v) is 9.86. The molecule has 0 heterocycles. The summed E-state index contributed by atoms with van der Waals surface area (Å²) in [4.78, 5) is 1.82. The van der Waals surface area contributed by atoms with Crippen LogP contribution in [0.2, 0.25) is 5.02 Å². The highest BCUT2D eigenvalue weighted by atomic mass is 35.5. The number of rotatable bonds is 2. The van der Waals surface area contributed by atoms with Crippen molar-refractivity contribution in [3.05, 3.63) is 53.3 Å². The lowest BCUT2D eigenvalue weighted by Crippen LogP contribution is -1.89. The molecule has 82 valence electrons. The molecular formula is C12H9ClFNS. The van der Waals surface area contributed by atoms with Gasteiger partial charge in [-0.05, 0) is 42.5 Å². The zero-order valence-electron chi connectivity index (χ0n) is 8.28. The Labute approximate surface area is 102 Å². The van der Waals surface area contributed by atoms with Gasteiger partial charge in [0.2, 0.25) is 0 Å². The lowest BCUT2D eigenvalue weighted by molar-refractivity contribution is 0.629. The third kappa shape index (κ3) is 2.68. The zero-order chi connectivity index (χ0) is 11.5. The maximum atomic E-state index is 13.2. The van der Waals surface area contributed by atoms with E-state index in [1.165, 1.54) is 17.8 Å². The second kappa shape index (κ2) is 4.76. The van der Waals surface area contributed by atoms with E-state index < -0.39 is 0 Å². The Morgan fingerprint density at radius 2 is 1.62 bits per heavy atom. The maximum Gasteiger partial charge on any atom is 0.147 e. The van der Waals surface area contributed by atoms with Gasteiger partial charge in [-0.3, -0.25) is 0 Å². The molecule has 2 rings (SSSR count). The summed E-state index contributed by atoms with van der Waals surface area (Å²) < 4.78 is 13.2. The first kappa shape index (κ1) is 11.3. The summed E-state index contributed by atoms with van der Waals surface area (Å²) >= 11 is 7.24. The molecule has 0 aliphatic heterocycles. The van der Waals surface area contributed by atoms with Gasteiger partial charge < -0.3 is 5.73 Å². The van der Waals surface area contributed by atoms with Crippen LogP contribution >= 0.6 is 23.4 Å². The van der Waals surface area contributed by atoms with Gasteiger partial charge in [-0.25, -0.2) is 4.39 Å². The molecule has 0 aliphatic carbocycles. The van der Waals surface area contributed by atoms with Gasteiger partial charge >= 0.3 is 0 Å². The Morgan fingerprint density at radius 3 is 2.25 bits per heavy atom. The normalized spacial score (nSPS) is 10.4. The summed E-state index contributed by atoms with van der Waals surface area (Å²) in [6.45, 7) is 0. The maximum absolute atomic E-state index is 13.2. The summed E-state index contributed by atoms with van der Waals surface area (Å²) in [7, 11) is 0. The van der Waals surface area contributed by atoms with Gasteiger partial charge in [-0.15, -0.1) is 0 Å². The minimum atomic E-state index is -0.390. The van der Waals surface area contributed by atoms with Crippen LogP contribution in [0, 0.1) is 5.82 Å². The van der Waals surface area contributed by atoms with E-state index in [-0.39, 0.29) is 11.5 Å². The first-order valence-corrected chi connectivity index (χ1v) is 5.83. The van der Waals surface area contributed by atoms with Crippen LogP contribution in [-0.2, 0) is 0 Å². The van der Waals surface area contributed by atoms with Gasteiger partial charge in [-0.2, -0.15) is 0 Å². The van der Waals surface area contributed by atoms with E-state index in [1.54, 1.807) is 24.3 Å². The molecule has 0 aliphatic rings. The molecule has 0 spiro atoms. The second-order valence-corrected chi connectivity index (χ2v) is 4.82. The minimum Gasteiger partial charge on any atom is -0.396 e. The molecular weight excluding hydrogens is 245 g/mol. The highest BCUT2D eigenvalue weighted by Crippen LogP contribution is 2.29. The Morgan fingerprint density at radius 1 is 1.00 bits per heavy atom. The number of nitrogens with two attached hydrogens (primary N) is 1. The quantitative estimate of drug-likeness (QED) is 0.812. The van der Waals surface area contributed by atoms with Crippen LogP contribution in [0.5, 0.6) is 0 Å². The molecule has 0 amide bonds. The summed E-state index contributed by atoms with van der Waals surface area (Å²) in [5, 5.41) is 0.688. The molecule has 0 aromatic heterocycles. The molecule has 0 fully saturated rings. The molecule has 16 heavy (non-hydrogen) atoms. The van der Waals surface area contributed by atoms with Crippen LogP contribution in [0.25, 0.3) is 0 Å². The van der Waals surface area contributed by atoms with E-state index in [0.717, 1.165) is 9.79 Å². The Bertz CT molecular complexity index is 499. The Kier molecular flexibility index (Phi) is 3.36. The number of halogens is 2. The van der Waals surface area contributed by atoms with Crippen LogP contribution < -0.4 is 5.73 Å². The summed E-state index contributed by atoms with van der Waals surface area (Å²) in [5.41, 5.74) is 5.57. The van der Waals surface area contributed by atoms with Crippen molar-refractivity contribution in [1.82, 2.24) is 0 Å². The average molecular weight is 254 g/mol. The Hall–Kier alpha value is -1.19. The van der Waals surface area contributed by atoms with Crippen LogP contribution in [0.3, 0.4) is 0 Å². The first-order chi connectivity index (χ1) is 7.65. The fourth-order valence-corrected chi connectivity index (χ4v) is 2.18. The van der Waals surface area contributed by atoms with Crippen LogP contribution in [0.15, 0.2) is 52.3 Å². The predicted molar refractivity (Wildman–Crippen MR) is 66.4 cm³/mol. The van der Waals surface area contributed by atoms with E-state index in [4.69, 9.17) is 17.3 Å². The monoisotopic (exact) mass is 253 g/mol. The summed E-state index contributed by atoms with van der Waals surface area (Å²) in [6, 6.07) is 12.2. The molecule has 2 N–H and O–H groups in total. The van der Waals surface area contributed by atoms with Crippen molar-refractivity contribution in [3.8, 4) is 0 Å². The highest BCUT2D eigenvalue weighted by Gasteiger charge is 2.02. The lowest BCUT2D eigenvalue weighted by atomic mass is 10.3. The molecule has 0 saturated heterocycles. The smallest absolute Gasteiger partial charge is 0.147 e. The van der Waals surface area contributed by atoms with E-state index in [9.17, 15) is 4.39 Å². The van der Waals surface area contributed by atoms with Crippen molar-refractivity contribution in [2.75, 3.05) is 5.73 Å². The van der Waals surface area contributed by atoms with E-state index in [1.807, 2.05) is 12.1 Å². The largest absolute Gasteiger partial charge is 0.396 e. The lowest BCUT2D eigenvalue weighted by Gasteiger charge is -2.03. The predicted octanol–water partition coefficient (Wildman–Crippen LogP) is 4.21.